The van der Waals surface area contributed by atoms with Gasteiger partial charge in [-0.1, -0.05) is 204 Å². The lowest BCUT2D eigenvalue weighted by molar-refractivity contribution is 0.590. The SMILES string of the molecule is CC(C)(C)c1ccc(-c2ccc(-c3cc4cc(C(C)(C)C)cc5c6c(c7cc(C(C)(C)C)cc3c7c45)C(C)(C)c3cc(N(c4ccc5ccccc5c4)c4ccc5ccccc5c4)ccc3-6)cc2)cc1. The number of rotatable bonds is 5. The standard InChI is InChI=1S/C69H63N/c1-66(2,3)50-28-24-45(25-29-50)44-20-22-46(23-21-44)57-37-49-34-51(67(4,5)6)39-59-62(49)63-58(57)38-52(68(7,8)9)40-60(63)65-64(59)56-33-32-55(41-61(56)69(65,10)11)70(53-30-26-42-16-12-14-18-47(42)35-53)54-31-27-43-17-13-15-19-48(43)36-54/h12-41H,1-11H3. The van der Waals surface area contributed by atoms with Gasteiger partial charge in [-0.15, -0.1) is 0 Å². The highest BCUT2D eigenvalue weighted by atomic mass is 15.1. The third kappa shape index (κ3) is 7.03. The molecule has 0 N–H and O–H groups in total. The summed E-state index contributed by atoms with van der Waals surface area (Å²) in [6.07, 6.45) is 0. The van der Waals surface area contributed by atoms with E-state index in [2.05, 4.69) is 263 Å². The molecule has 0 saturated carbocycles. The molecule has 0 aromatic heterocycles. The van der Waals surface area contributed by atoms with Crippen LogP contribution in [0.4, 0.5) is 17.1 Å². The fourth-order valence-corrected chi connectivity index (χ4v) is 11.7. The van der Waals surface area contributed by atoms with Crippen molar-refractivity contribution >= 4 is 70.9 Å². The Bertz CT molecular complexity index is 3800. The van der Waals surface area contributed by atoms with Crippen LogP contribution in [0.5, 0.6) is 0 Å². The number of nitrogens with zero attached hydrogens (tertiary/aromatic N) is 1. The number of anilines is 3. The second kappa shape index (κ2) is 15.4. The summed E-state index contributed by atoms with van der Waals surface area (Å²) in [6.45, 7) is 26.0. The Kier molecular flexibility index (Phi) is 9.68. The van der Waals surface area contributed by atoms with Gasteiger partial charge >= 0.3 is 0 Å². The van der Waals surface area contributed by atoms with Gasteiger partial charge in [-0.25, -0.2) is 0 Å². The molecule has 1 aliphatic rings. The van der Waals surface area contributed by atoms with Crippen LogP contribution in [0.1, 0.15) is 104 Å². The van der Waals surface area contributed by atoms with E-state index in [9.17, 15) is 0 Å². The molecule has 1 nitrogen and oxygen atoms in total. The van der Waals surface area contributed by atoms with E-state index < -0.39 is 0 Å². The van der Waals surface area contributed by atoms with Crippen molar-refractivity contribution in [3.63, 3.8) is 0 Å². The summed E-state index contributed by atoms with van der Waals surface area (Å²) in [5.41, 5.74) is 17.8. The highest BCUT2D eigenvalue weighted by Gasteiger charge is 2.40. The molecule has 0 amide bonds. The van der Waals surface area contributed by atoms with Gasteiger partial charge in [-0.05, 0) is 186 Å². The Morgan fingerprint density at radius 2 is 0.814 bits per heavy atom. The van der Waals surface area contributed by atoms with Crippen molar-refractivity contribution in [2.75, 3.05) is 4.90 Å². The molecule has 11 aromatic carbocycles. The first-order valence-corrected chi connectivity index (χ1v) is 25.3. The lowest BCUT2D eigenvalue weighted by atomic mass is 9.74. The molecule has 0 saturated heterocycles. The van der Waals surface area contributed by atoms with Crippen LogP contribution >= 0.6 is 0 Å². The summed E-state index contributed by atoms with van der Waals surface area (Å²) < 4.78 is 0. The van der Waals surface area contributed by atoms with Gasteiger partial charge in [0.1, 0.15) is 0 Å². The van der Waals surface area contributed by atoms with Crippen LogP contribution in [0, 0.1) is 0 Å². The minimum Gasteiger partial charge on any atom is -0.310 e. The van der Waals surface area contributed by atoms with Gasteiger partial charge in [0, 0.05) is 22.5 Å². The molecule has 0 atom stereocenters. The molecule has 0 radical (unpaired) electrons. The first kappa shape index (κ1) is 44.0. The van der Waals surface area contributed by atoms with Crippen molar-refractivity contribution in [2.45, 2.75) is 97.8 Å². The van der Waals surface area contributed by atoms with E-state index in [4.69, 9.17) is 0 Å². The van der Waals surface area contributed by atoms with Crippen LogP contribution in [-0.2, 0) is 21.7 Å². The minimum absolute atomic E-state index is 0.0535. The second-order valence-electron chi connectivity index (χ2n) is 23.9. The molecule has 12 rings (SSSR count). The molecule has 0 bridgehead atoms. The third-order valence-electron chi connectivity index (χ3n) is 15.8. The van der Waals surface area contributed by atoms with Crippen LogP contribution in [-0.4, -0.2) is 0 Å². The predicted molar refractivity (Wildman–Crippen MR) is 304 cm³/mol. The van der Waals surface area contributed by atoms with E-state index in [1.807, 2.05) is 0 Å². The van der Waals surface area contributed by atoms with Crippen molar-refractivity contribution < 1.29 is 0 Å². The van der Waals surface area contributed by atoms with Crippen LogP contribution < -0.4 is 4.90 Å². The average Bonchev–Trinajstić information content (AvgIpc) is 3.58. The molecule has 1 heteroatoms. The molecule has 344 valence electrons. The number of fused-ring (bicyclic) bond motifs is 7. The number of hydrogen-bond acceptors (Lipinski definition) is 1. The largest absolute Gasteiger partial charge is 0.310 e. The number of benzene rings is 11. The summed E-state index contributed by atoms with van der Waals surface area (Å²) in [4.78, 5) is 2.47. The summed E-state index contributed by atoms with van der Waals surface area (Å²) >= 11 is 0. The van der Waals surface area contributed by atoms with Gasteiger partial charge in [0.15, 0.2) is 0 Å². The van der Waals surface area contributed by atoms with Crippen LogP contribution in [0.15, 0.2) is 182 Å². The maximum Gasteiger partial charge on any atom is 0.0468 e. The average molecular weight is 906 g/mol. The summed E-state index contributed by atoms with van der Waals surface area (Å²) in [5.74, 6) is 0. The van der Waals surface area contributed by atoms with Gasteiger partial charge in [0.2, 0.25) is 0 Å². The van der Waals surface area contributed by atoms with Crippen LogP contribution in [0.25, 0.3) is 87.2 Å². The van der Waals surface area contributed by atoms with Crippen molar-refractivity contribution in [2.24, 2.45) is 0 Å². The van der Waals surface area contributed by atoms with Crippen molar-refractivity contribution in [1.82, 2.24) is 0 Å². The Balaban J connectivity index is 1.10. The lowest BCUT2D eigenvalue weighted by Crippen LogP contribution is -2.18. The maximum atomic E-state index is 2.57. The Morgan fingerprint density at radius 3 is 1.39 bits per heavy atom. The zero-order chi connectivity index (χ0) is 48.6. The first-order valence-electron chi connectivity index (χ1n) is 25.3. The number of hydrogen-bond donors (Lipinski definition) is 0. The molecule has 0 spiro atoms. The minimum atomic E-state index is -0.315. The van der Waals surface area contributed by atoms with Gasteiger partial charge in [0.05, 0.1) is 0 Å². The van der Waals surface area contributed by atoms with Crippen molar-refractivity contribution in [3.8, 4) is 33.4 Å². The fourth-order valence-electron chi connectivity index (χ4n) is 11.7. The zero-order valence-corrected chi connectivity index (χ0v) is 42.8. The Morgan fingerprint density at radius 1 is 0.343 bits per heavy atom. The first-order chi connectivity index (χ1) is 33.3. The highest BCUT2D eigenvalue weighted by molar-refractivity contribution is 6.31. The van der Waals surface area contributed by atoms with Crippen LogP contribution in [0.3, 0.4) is 0 Å². The molecular weight excluding hydrogens is 843 g/mol. The van der Waals surface area contributed by atoms with Gasteiger partial charge in [-0.3, -0.25) is 0 Å². The van der Waals surface area contributed by atoms with Gasteiger partial charge < -0.3 is 4.90 Å². The maximum absolute atomic E-state index is 2.57. The molecule has 1 aliphatic carbocycles. The molecule has 70 heavy (non-hydrogen) atoms. The van der Waals surface area contributed by atoms with E-state index in [-0.39, 0.29) is 21.7 Å². The fraction of sp³-hybridized carbons (Fsp3) is 0.217. The predicted octanol–water partition coefficient (Wildman–Crippen LogP) is 19.9. The highest BCUT2D eigenvalue weighted by Crippen LogP contribution is 2.59. The molecule has 0 unspecified atom stereocenters. The van der Waals surface area contributed by atoms with E-state index in [1.165, 1.54) is 115 Å². The van der Waals surface area contributed by atoms with Gasteiger partial charge in [0.25, 0.3) is 0 Å². The molecule has 0 fully saturated rings. The molecule has 11 aromatic rings. The molecule has 0 aliphatic heterocycles. The van der Waals surface area contributed by atoms with Crippen molar-refractivity contribution in [1.29, 1.82) is 0 Å². The Hall–Kier alpha value is -7.22. The monoisotopic (exact) mass is 905 g/mol. The van der Waals surface area contributed by atoms with Crippen molar-refractivity contribution in [3.05, 3.63) is 210 Å². The Labute approximate surface area is 414 Å². The van der Waals surface area contributed by atoms with E-state index in [1.54, 1.807) is 0 Å². The topological polar surface area (TPSA) is 3.24 Å². The quantitative estimate of drug-likeness (QED) is 0.156. The third-order valence-corrected chi connectivity index (χ3v) is 15.8. The summed E-state index contributed by atoms with van der Waals surface area (Å²) in [6, 6.07) is 69.7. The lowest BCUT2D eigenvalue weighted by Gasteiger charge is -2.30. The molecule has 0 heterocycles. The van der Waals surface area contributed by atoms with Gasteiger partial charge in [-0.2, -0.15) is 0 Å². The smallest absolute Gasteiger partial charge is 0.0468 e. The summed E-state index contributed by atoms with van der Waals surface area (Å²) in [7, 11) is 0. The molecular formula is C69H63N. The van der Waals surface area contributed by atoms with E-state index >= 15 is 0 Å². The summed E-state index contributed by atoms with van der Waals surface area (Å²) in [5, 5.41) is 13.1. The zero-order valence-electron chi connectivity index (χ0n) is 42.8. The second-order valence-corrected chi connectivity index (χ2v) is 23.9. The van der Waals surface area contributed by atoms with E-state index in [0.29, 0.717) is 0 Å². The normalized spacial score (nSPS) is 13.8. The van der Waals surface area contributed by atoms with Crippen LogP contribution in [0.2, 0.25) is 0 Å². The van der Waals surface area contributed by atoms with E-state index in [0.717, 1.165) is 17.1 Å².